The molecule has 0 saturated heterocycles. The first kappa shape index (κ1) is 43.4. The molecule has 0 aliphatic rings. The van der Waals surface area contributed by atoms with Crippen LogP contribution in [0.2, 0.25) is 0 Å². The van der Waals surface area contributed by atoms with E-state index < -0.39 is 14.9 Å². The second-order valence-corrected chi connectivity index (χ2v) is 20.4. The molecule has 0 rings (SSSR count). The smallest absolute Gasteiger partial charge is 0.330 e. The molecule has 0 atom stereocenters. The highest BCUT2D eigenvalue weighted by atomic mass is 127. The molecule has 244 valence electrons. The highest BCUT2D eigenvalue weighted by Gasteiger charge is 2.26. The average molecular weight is 719 g/mol. The van der Waals surface area contributed by atoms with Crippen LogP contribution in [0.25, 0.3) is 0 Å². The second-order valence-electron chi connectivity index (χ2n) is 13.1. The third-order valence-electron chi connectivity index (χ3n) is 7.83. The van der Waals surface area contributed by atoms with Crippen molar-refractivity contribution >= 4 is 14.9 Å². The Labute approximate surface area is 271 Å². The molecule has 0 N–H and O–H groups in total. The molecule has 6 heteroatoms. The lowest BCUT2D eigenvalue weighted by Crippen LogP contribution is -3.00. The lowest BCUT2D eigenvalue weighted by Gasteiger charge is -2.20. The zero-order valence-corrected chi connectivity index (χ0v) is 31.9. The van der Waals surface area contributed by atoms with E-state index in [9.17, 15) is 4.57 Å². The van der Waals surface area contributed by atoms with Crippen LogP contribution in [0.5, 0.6) is 0 Å². The van der Waals surface area contributed by atoms with E-state index in [2.05, 4.69) is 33.8 Å². The summed E-state index contributed by atoms with van der Waals surface area (Å²) in [4.78, 5) is 0. The van der Waals surface area contributed by atoms with Crippen molar-refractivity contribution in [1.82, 2.24) is 0 Å². The SMILES string of the molecule is CCCCCCCCCCCCCCOP(=O)(CCC[P+](C)(C)C)OCCCCCCCCCCCCCC.[I-]. The van der Waals surface area contributed by atoms with Crippen LogP contribution in [0.3, 0.4) is 0 Å². The van der Waals surface area contributed by atoms with Gasteiger partial charge in [0, 0.05) is 27.3 Å². The molecular formula is C34H73IO3P2. The summed E-state index contributed by atoms with van der Waals surface area (Å²) in [5.41, 5.74) is 0. The fourth-order valence-corrected chi connectivity index (χ4v) is 8.25. The molecule has 40 heavy (non-hydrogen) atoms. The van der Waals surface area contributed by atoms with Crippen molar-refractivity contribution in [2.45, 2.75) is 174 Å². The van der Waals surface area contributed by atoms with E-state index >= 15 is 0 Å². The van der Waals surface area contributed by atoms with Crippen molar-refractivity contribution in [2.24, 2.45) is 0 Å². The van der Waals surface area contributed by atoms with Gasteiger partial charge in [-0.1, -0.05) is 155 Å². The number of unbranched alkanes of at least 4 members (excludes halogenated alkanes) is 22. The van der Waals surface area contributed by atoms with Gasteiger partial charge in [0.05, 0.1) is 25.5 Å². The molecule has 0 heterocycles. The summed E-state index contributed by atoms with van der Waals surface area (Å²) in [7, 11) is -3.81. The molecule has 0 bridgehead atoms. The number of hydrogen-bond donors (Lipinski definition) is 0. The van der Waals surface area contributed by atoms with E-state index in [0.29, 0.717) is 19.4 Å². The maximum absolute atomic E-state index is 13.5. The highest BCUT2D eigenvalue weighted by Crippen LogP contribution is 2.52. The summed E-state index contributed by atoms with van der Waals surface area (Å²) >= 11 is 0. The van der Waals surface area contributed by atoms with Crippen LogP contribution in [-0.2, 0) is 13.6 Å². The van der Waals surface area contributed by atoms with Gasteiger partial charge in [0.25, 0.3) is 0 Å². The molecule has 0 saturated carbocycles. The van der Waals surface area contributed by atoms with E-state index in [1.165, 1.54) is 147 Å². The topological polar surface area (TPSA) is 35.5 Å². The van der Waals surface area contributed by atoms with E-state index in [-0.39, 0.29) is 24.0 Å². The maximum Gasteiger partial charge on any atom is 0.330 e. The van der Waals surface area contributed by atoms with Crippen LogP contribution >= 0.6 is 14.9 Å². The summed E-state index contributed by atoms with van der Waals surface area (Å²) in [5.74, 6) is 0. The summed E-state index contributed by atoms with van der Waals surface area (Å²) in [5, 5.41) is 0. The Kier molecular flexibility index (Phi) is 34.5. The minimum Gasteiger partial charge on any atom is -1.00 e. The molecule has 0 unspecified atom stereocenters. The molecule has 0 aliphatic heterocycles. The summed E-state index contributed by atoms with van der Waals surface area (Å²) < 4.78 is 25.4. The van der Waals surface area contributed by atoms with Crippen LogP contribution < -0.4 is 24.0 Å². The van der Waals surface area contributed by atoms with Crippen molar-refractivity contribution < 1.29 is 37.6 Å². The quantitative estimate of drug-likeness (QED) is 0.0395. The van der Waals surface area contributed by atoms with Gasteiger partial charge in [0.1, 0.15) is 0 Å². The van der Waals surface area contributed by atoms with Crippen molar-refractivity contribution in [3.8, 4) is 0 Å². The monoisotopic (exact) mass is 718 g/mol. The molecule has 0 aromatic heterocycles. The molecule has 0 amide bonds. The second kappa shape index (κ2) is 31.7. The molecule has 0 aliphatic carbocycles. The van der Waals surface area contributed by atoms with Gasteiger partial charge < -0.3 is 33.0 Å². The van der Waals surface area contributed by atoms with Gasteiger partial charge >= 0.3 is 7.60 Å². The third-order valence-corrected chi connectivity index (χ3v) is 11.5. The third kappa shape index (κ3) is 33.8. The van der Waals surface area contributed by atoms with Gasteiger partial charge in [-0.15, -0.1) is 0 Å². The number of halogens is 1. The van der Waals surface area contributed by atoms with Gasteiger partial charge in [-0.2, -0.15) is 0 Å². The first-order valence-electron chi connectivity index (χ1n) is 17.5. The lowest BCUT2D eigenvalue weighted by atomic mass is 10.1. The molecule has 0 spiro atoms. The van der Waals surface area contributed by atoms with Crippen molar-refractivity contribution in [2.75, 3.05) is 45.5 Å². The van der Waals surface area contributed by atoms with Gasteiger partial charge in [0.15, 0.2) is 0 Å². The van der Waals surface area contributed by atoms with Crippen LogP contribution in [0.4, 0.5) is 0 Å². The summed E-state index contributed by atoms with van der Waals surface area (Å²) in [6, 6.07) is 0. The maximum atomic E-state index is 13.5. The largest absolute Gasteiger partial charge is 1.00 e. The predicted octanol–water partition coefficient (Wildman–Crippen LogP) is 9.92. The number of hydrogen-bond acceptors (Lipinski definition) is 3. The van der Waals surface area contributed by atoms with E-state index in [4.69, 9.17) is 9.05 Å². The zero-order valence-electron chi connectivity index (χ0n) is 28.0. The molecule has 0 aromatic carbocycles. The Hall–Kier alpha value is 1.31. The first-order valence-corrected chi connectivity index (χ1v) is 22.6. The average Bonchev–Trinajstić information content (AvgIpc) is 2.89. The zero-order chi connectivity index (χ0) is 28.9. The Morgan fingerprint density at radius 2 is 0.725 bits per heavy atom. The van der Waals surface area contributed by atoms with E-state index in [1.54, 1.807) is 0 Å². The first-order chi connectivity index (χ1) is 18.8. The van der Waals surface area contributed by atoms with Crippen LogP contribution in [0.15, 0.2) is 0 Å². The molecule has 0 radical (unpaired) electrons. The van der Waals surface area contributed by atoms with Gasteiger partial charge in [0.2, 0.25) is 0 Å². The van der Waals surface area contributed by atoms with Gasteiger partial charge in [-0.05, 0) is 19.3 Å². The summed E-state index contributed by atoms with van der Waals surface area (Å²) in [6.07, 6.45) is 34.6. The number of rotatable bonds is 32. The van der Waals surface area contributed by atoms with Crippen LogP contribution in [0, 0.1) is 0 Å². The lowest BCUT2D eigenvalue weighted by molar-refractivity contribution is -0.0000136. The van der Waals surface area contributed by atoms with Crippen molar-refractivity contribution in [3.05, 3.63) is 0 Å². The Bertz CT molecular complexity index is 506. The Morgan fingerprint density at radius 1 is 0.450 bits per heavy atom. The molecule has 3 nitrogen and oxygen atoms in total. The van der Waals surface area contributed by atoms with E-state index in [1.807, 2.05) is 0 Å². The van der Waals surface area contributed by atoms with E-state index in [0.717, 1.165) is 19.3 Å². The normalized spacial score (nSPS) is 12.1. The predicted molar refractivity (Wildman–Crippen MR) is 181 cm³/mol. The van der Waals surface area contributed by atoms with Crippen molar-refractivity contribution in [1.29, 1.82) is 0 Å². The molecule has 0 aromatic rings. The Balaban J connectivity index is 0. The fraction of sp³-hybridized carbons (Fsp3) is 1.00. The standard InChI is InChI=1S/C34H73O3P2.HI/c1-6-8-10-12-14-16-18-20-22-24-26-28-31-36-39(35,34-30-33-38(3,4)5)37-32-29-27-25-23-21-19-17-15-13-11-9-7-2;/h6-34H2,1-5H3;1H/q+1;/p-1. The Morgan fingerprint density at radius 3 is 1.00 bits per heavy atom. The van der Waals surface area contributed by atoms with Gasteiger partial charge in [-0.3, -0.25) is 4.57 Å². The minimum absolute atomic E-state index is 0. The minimum atomic E-state index is -2.95. The van der Waals surface area contributed by atoms with Crippen LogP contribution in [0.1, 0.15) is 174 Å². The van der Waals surface area contributed by atoms with Gasteiger partial charge in [-0.25, -0.2) is 0 Å². The molecule has 0 fully saturated rings. The highest BCUT2D eigenvalue weighted by molar-refractivity contribution is 7.73. The molecular weight excluding hydrogens is 645 g/mol. The summed E-state index contributed by atoms with van der Waals surface area (Å²) in [6.45, 7) is 12.8. The van der Waals surface area contributed by atoms with Crippen LogP contribution in [-0.4, -0.2) is 45.5 Å². The van der Waals surface area contributed by atoms with Crippen molar-refractivity contribution in [3.63, 3.8) is 0 Å². The fourth-order valence-electron chi connectivity index (χ4n) is 5.20.